The highest BCUT2D eigenvalue weighted by atomic mass is 16.5. The van der Waals surface area contributed by atoms with E-state index in [1.165, 1.54) is 4.80 Å². The van der Waals surface area contributed by atoms with Crippen LogP contribution >= 0.6 is 0 Å². The first kappa shape index (κ1) is 17.9. The molecule has 0 aliphatic rings. The Bertz CT molecular complexity index is 640. The number of ether oxygens (including phenoxy) is 2. The van der Waals surface area contributed by atoms with Crippen molar-refractivity contribution in [2.24, 2.45) is 0 Å². The number of aromatic nitrogens is 4. The van der Waals surface area contributed by atoms with Crippen LogP contribution in [-0.4, -0.2) is 39.4 Å². The molecule has 1 aromatic heterocycles. The predicted molar refractivity (Wildman–Crippen MR) is 89.6 cm³/mol. The summed E-state index contributed by atoms with van der Waals surface area (Å²) < 4.78 is 10.7. The number of unbranched alkanes of at least 4 members (excludes halogenated alkanes) is 1. The molecule has 7 nitrogen and oxygen atoms in total. The molecule has 0 saturated heterocycles. The zero-order valence-electron chi connectivity index (χ0n) is 14.4. The third kappa shape index (κ3) is 4.53. The van der Waals surface area contributed by atoms with Crippen molar-refractivity contribution in [2.75, 3.05) is 13.2 Å². The molecule has 0 bridgehead atoms. The summed E-state index contributed by atoms with van der Waals surface area (Å²) in [6.45, 7) is 6.82. The van der Waals surface area contributed by atoms with Crippen LogP contribution in [0.2, 0.25) is 0 Å². The van der Waals surface area contributed by atoms with Crippen LogP contribution in [0.3, 0.4) is 0 Å². The molecule has 0 saturated carbocycles. The van der Waals surface area contributed by atoms with E-state index in [1.807, 2.05) is 31.2 Å². The molecule has 0 spiro atoms. The van der Waals surface area contributed by atoms with Crippen molar-refractivity contribution >= 4 is 5.97 Å². The zero-order valence-corrected chi connectivity index (χ0v) is 14.4. The Labute approximate surface area is 142 Å². The first-order chi connectivity index (χ1) is 11.7. The number of rotatable bonds is 9. The van der Waals surface area contributed by atoms with Crippen molar-refractivity contribution in [3.8, 4) is 17.1 Å². The molecular weight excluding hydrogens is 308 g/mol. The summed E-state index contributed by atoms with van der Waals surface area (Å²) in [4.78, 5) is 13.2. The van der Waals surface area contributed by atoms with Crippen molar-refractivity contribution in [1.29, 1.82) is 0 Å². The quantitative estimate of drug-likeness (QED) is 0.519. The highest BCUT2D eigenvalue weighted by molar-refractivity contribution is 5.73. The van der Waals surface area contributed by atoms with E-state index in [-0.39, 0.29) is 5.97 Å². The van der Waals surface area contributed by atoms with Crippen LogP contribution in [0.25, 0.3) is 11.4 Å². The maximum Gasteiger partial charge on any atom is 0.332 e. The number of esters is 1. The van der Waals surface area contributed by atoms with E-state index in [0.29, 0.717) is 25.5 Å². The molecule has 1 atom stereocenters. The summed E-state index contributed by atoms with van der Waals surface area (Å²) in [5.74, 6) is 0.944. The van der Waals surface area contributed by atoms with Gasteiger partial charge < -0.3 is 9.47 Å². The zero-order chi connectivity index (χ0) is 17.4. The third-order valence-corrected chi connectivity index (χ3v) is 3.53. The van der Waals surface area contributed by atoms with E-state index < -0.39 is 6.04 Å². The van der Waals surface area contributed by atoms with E-state index >= 15 is 0 Å². The van der Waals surface area contributed by atoms with Gasteiger partial charge in [0.1, 0.15) is 5.75 Å². The molecule has 0 amide bonds. The molecule has 0 fully saturated rings. The summed E-state index contributed by atoms with van der Waals surface area (Å²) in [5.41, 5.74) is 0.822. The molecule has 0 aliphatic carbocycles. The second-order valence-electron chi connectivity index (χ2n) is 5.34. The maximum absolute atomic E-state index is 11.9. The van der Waals surface area contributed by atoms with E-state index in [0.717, 1.165) is 24.2 Å². The van der Waals surface area contributed by atoms with Gasteiger partial charge in [-0.3, -0.25) is 0 Å². The Balaban J connectivity index is 2.08. The number of carbonyl (C=O) groups is 1. The molecule has 0 N–H and O–H groups in total. The van der Waals surface area contributed by atoms with Crippen LogP contribution in [0.1, 0.15) is 46.1 Å². The van der Waals surface area contributed by atoms with Gasteiger partial charge in [0.15, 0.2) is 6.04 Å². The van der Waals surface area contributed by atoms with Gasteiger partial charge in [0, 0.05) is 5.56 Å². The van der Waals surface area contributed by atoms with Crippen LogP contribution in [0, 0.1) is 0 Å². The number of hydrogen-bond donors (Lipinski definition) is 0. The summed E-state index contributed by atoms with van der Waals surface area (Å²) >= 11 is 0. The summed E-state index contributed by atoms with van der Waals surface area (Å²) in [6.07, 6.45) is 2.67. The van der Waals surface area contributed by atoms with Gasteiger partial charge >= 0.3 is 5.97 Å². The van der Waals surface area contributed by atoms with Crippen molar-refractivity contribution < 1.29 is 14.3 Å². The summed E-state index contributed by atoms with van der Waals surface area (Å²) in [6, 6.07) is 6.98. The molecule has 0 aliphatic heterocycles. The molecule has 2 rings (SSSR count). The minimum Gasteiger partial charge on any atom is -0.494 e. The smallest absolute Gasteiger partial charge is 0.332 e. The lowest BCUT2D eigenvalue weighted by Gasteiger charge is -2.11. The Morgan fingerprint density at radius 2 is 1.96 bits per heavy atom. The van der Waals surface area contributed by atoms with Crippen LogP contribution < -0.4 is 4.74 Å². The number of hydrogen-bond acceptors (Lipinski definition) is 6. The molecule has 130 valence electrons. The number of carbonyl (C=O) groups excluding carboxylic acids is 1. The molecule has 1 aromatic carbocycles. The molecule has 7 heteroatoms. The van der Waals surface area contributed by atoms with Crippen molar-refractivity contribution in [3.05, 3.63) is 24.3 Å². The predicted octanol–water partition coefficient (Wildman–Crippen LogP) is 3.03. The van der Waals surface area contributed by atoms with Gasteiger partial charge in [-0.2, -0.15) is 0 Å². The van der Waals surface area contributed by atoms with E-state index in [4.69, 9.17) is 9.47 Å². The minimum absolute atomic E-state index is 0.330. The molecule has 0 radical (unpaired) electrons. The van der Waals surface area contributed by atoms with Crippen LogP contribution in [0.15, 0.2) is 24.3 Å². The second kappa shape index (κ2) is 9.00. The van der Waals surface area contributed by atoms with E-state index in [2.05, 4.69) is 22.3 Å². The number of benzene rings is 1. The van der Waals surface area contributed by atoms with E-state index in [9.17, 15) is 4.79 Å². The van der Waals surface area contributed by atoms with Gasteiger partial charge in [-0.05, 0) is 49.2 Å². The van der Waals surface area contributed by atoms with Crippen molar-refractivity contribution in [3.63, 3.8) is 0 Å². The Kier molecular flexibility index (Phi) is 6.72. The SMILES string of the molecule is CCCCOc1ccc(-c2nnn(C(CC)C(=O)OCC)n2)cc1. The van der Waals surface area contributed by atoms with Crippen molar-refractivity contribution in [2.45, 2.75) is 46.1 Å². The molecule has 24 heavy (non-hydrogen) atoms. The van der Waals surface area contributed by atoms with Gasteiger partial charge in [0.2, 0.25) is 5.82 Å². The normalized spacial score (nSPS) is 12.0. The number of tetrazole rings is 1. The monoisotopic (exact) mass is 332 g/mol. The van der Waals surface area contributed by atoms with E-state index in [1.54, 1.807) is 6.92 Å². The number of nitrogens with zero attached hydrogens (tertiary/aromatic N) is 4. The van der Waals surface area contributed by atoms with Crippen LogP contribution in [-0.2, 0) is 9.53 Å². The molecule has 1 heterocycles. The minimum atomic E-state index is -0.553. The Morgan fingerprint density at radius 1 is 1.21 bits per heavy atom. The van der Waals surface area contributed by atoms with Gasteiger partial charge in [0.25, 0.3) is 0 Å². The van der Waals surface area contributed by atoms with Crippen LogP contribution in [0.5, 0.6) is 5.75 Å². The largest absolute Gasteiger partial charge is 0.494 e. The fourth-order valence-corrected chi connectivity index (χ4v) is 2.17. The first-order valence-corrected chi connectivity index (χ1v) is 8.38. The summed E-state index contributed by atoms with van der Waals surface area (Å²) in [5, 5.41) is 12.3. The standard InChI is InChI=1S/C17H24N4O3/c1-4-7-12-24-14-10-8-13(9-11-14)16-18-20-21(19-16)15(5-2)17(22)23-6-3/h8-11,15H,4-7,12H2,1-3H3. The molecule has 2 aromatic rings. The fourth-order valence-electron chi connectivity index (χ4n) is 2.17. The van der Waals surface area contributed by atoms with Gasteiger partial charge in [-0.15, -0.1) is 15.0 Å². The molecule has 1 unspecified atom stereocenters. The highest BCUT2D eigenvalue weighted by Gasteiger charge is 2.23. The van der Waals surface area contributed by atoms with Crippen LogP contribution in [0.4, 0.5) is 0 Å². The fraction of sp³-hybridized carbons (Fsp3) is 0.529. The lowest BCUT2D eigenvalue weighted by atomic mass is 10.2. The topological polar surface area (TPSA) is 79.1 Å². The van der Waals surface area contributed by atoms with Gasteiger partial charge in [-0.25, -0.2) is 4.79 Å². The average Bonchev–Trinajstić information content (AvgIpc) is 3.06. The van der Waals surface area contributed by atoms with Gasteiger partial charge in [0.05, 0.1) is 13.2 Å². The lowest BCUT2D eigenvalue weighted by Crippen LogP contribution is -2.23. The Hall–Kier alpha value is -2.44. The van der Waals surface area contributed by atoms with Crippen molar-refractivity contribution in [1.82, 2.24) is 20.2 Å². The second-order valence-corrected chi connectivity index (χ2v) is 5.34. The molecular formula is C17H24N4O3. The highest BCUT2D eigenvalue weighted by Crippen LogP contribution is 2.20. The average molecular weight is 332 g/mol. The maximum atomic E-state index is 11.9. The summed E-state index contributed by atoms with van der Waals surface area (Å²) in [7, 11) is 0. The lowest BCUT2D eigenvalue weighted by molar-refractivity contribution is -0.148. The first-order valence-electron chi connectivity index (χ1n) is 8.38. The Morgan fingerprint density at radius 3 is 2.58 bits per heavy atom. The van der Waals surface area contributed by atoms with Gasteiger partial charge in [-0.1, -0.05) is 20.3 Å². The third-order valence-electron chi connectivity index (χ3n) is 3.53.